The van der Waals surface area contributed by atoms with Gasteiger partial charge in [-0.2, -0.15) is 5.26 Å². The van der Waals surface area contributed by atoms with E-state index in [1.165, 1.54) is 25.7 Å². The van der Waals surface area contributed by atoms with Gasteiger partial charge >= 0.3 is 0 Å². The molecule has 2 saturated carbocycles. The predicted molar refractivity (Wildman–Crippen MR) is 76.6 cm³/mol. The van der Waals surface area contributed by atoms with Crippen molar-refractivity contribution in [1.82, 2.24) is 5.32 Å². The molecular weight excluding hydrogens is 248 g/mol. The molecule has 0 bridgehead atoms. The van der Waals surface area contributed by atoms with Gasteiger partial charge in [0.25, 0.3) is 0 Å². The highest BCUT2D eigenvalue weighted by Crippen LogP contribution is 2.44. The van der Waals surface area contributed by atoms with Gasteiger partial charge in [-0.15, -0.1) is 0 Å². The van der Waals surface area contributed by atoms with Gasteiger partial charge in [0.2, 0.25) is 5.91 Å². The second kappa shape index (κ2) is 5.66. The van der Waals surface area contributed by atoms with Crippen molar-refractivity contribution in [3.8, 4) is 6.07 Å². The Morgan fingerprint density at radius 2 is 1.80 bits per heavy atom. The van der Waals surface area contributed by atoms with Crippen molar-refractivity contribution in [1.29, 1.82) is 5.26 Å². The Morgan fingerprint density at radius 1 is 1.20 bits per heavy atom. The molecule has 3 nitrogen and oxygen atoms in total. The maximum absolute atomic E-state index is 12.3. The summed E-state index contributed by atoms with van der Waals surface area (Å²) in [5, 5.41) is 12.4. The second-order valence-corrected chi connectivity index (χ2v) is 6.08. The molecule has 0 heterocycles. The first kappa shape index (κ1) is 13.2. The van der Waals surface area contributed by atoms with Crippen LogP contribution >= 0.6 is 0 Å². The van der Waals surface area contributed by atoms with Crippen molar-refractivity contribution in [2.45, 2.75) is 38.1 Å². The molecule has 1 aromatic rings. The molecule has 104 valence electrons. The molecule has 1 aromatic carbocycles. The van der Waals surface area contributed by atoms with Gasteiger partial charge in [0.05, 0.1) is 6.07 Å². The number of nitrogens with zero attached hydrogens (tertiary/aromatic N) is 1. The zero-order valence-corrected chi connectivity index (χ0v) is 11.6. The van der Waals surface area contributed by atoms with Crippen LogP contribution in [0.25, 0.3) is 0 Å². The minimum Gasteiger partial charge on any atom is -0.352 e. The van der Waals surface area contributed by atoms with Gasteiger partial charge in [0.1, 0.15) is 5.92 Å². The van der Waals surface area contributed by atoms with Crippen LogP contribution in [0.1, 0.15) is 31.2 Å². The van der Waals surface area contributed by atoms with Crippen molar-refractivity contribution in [3.05, 3.63) is 35.9 Å². The monoisotopic (exact) mass is 268 g/mol. The predicted octanol–water partition coefficient (Wildman–Crippen LogP) is 2.67. The standard InChI is InChI=1S/C17H20N2O/c18-11-15(10-12-4-2-1-3-5-12)17(20)19-16(13-6-7-13)14-8-9-14/h1-5,13-16H,6-10H2,(H,19,20). The first-order valence-corrected chi connectivity index (χ1v) is 7.52. The van der Waals surface area contributed by atoms with E-state index in [9.17, 15) is 10.1 Å². The topological polar surface area (TPSA) is 52.9 Å². The molecule has 0 spiro atoms. The van der Waals surface area contributed by atoms with E-state index >= 15 is 0 Å². The number of hydrogen-bond acceptors (Lipinski definition) is 2. The van der Waals surface area contributed by atoms with Crippen molar-refractivity contribution in [2.24, 2.45) is 17.8 Å². The number of rotatable bonds is 6. The number of carbonyl (C=O) groups excluding carboxylic acids is 1. The summed E-state index contributed by atoms with van der Waals surface area (Å²) in [6, 6.07) is 12.3. The zero-order chi connectivity index (χ0) is 13.9. The lowest BCUT2D eigenvalue weighted by molar-refractivity contribution is -0.124. The molecule has 2 aliphatic carbocycles. The molecular formula is C17H20N2O. The fourth-order valence-corrected chi connectivity index (χ4v) is 2.84. The second-order valence-electron chi connectivity index (χ2n) is 6.08. The Bertz CT molecular complexity index is 500. The summed E-state index contributed by atoms with van der Waals surface area (Å²) < 4.78 is 0. The molecule has 1 N–H and O–H groups in total. The fraction of sp³-hybridized carbons (Fsp3) is 0.529. The molecule has 1 amide bonds. The van der Waals surface area contributed by atoms with E-state index in [-0.39, 0.29) is 5.91 Å². The van der Waals surface area contributed by atoms with Gasteiger partial charge in [0.15, 0.2) is 0 Å². The highest BCUT2D eigenvalue weighted by Gasteiger charge is 2.42. The lowest BCUT2D eigenvalue weighted by atomic mass is 9.98. The van der Waals surface area contributed by atoms with Crippen LogP contribution in [0.5, 0.6) is 0 Å². The van der Waals surface area contributed by atoms with Crippen LogP contribution in [0.15, 0.2) is 30.3 Å². The summed E-state index contributed by atoms with van der Waals surface area (Å²) in [5.74, 6) is 0.683. The van der Waals surface area contributed by atoms with Crippen LogP contribution in [0.2, 0.25) is 0 Å². The van der Waals surface area contributed by atoms with Crippen LogP contribution in [0.3, 0.4) is 0 Å². The van der Waals surface area contributed by atoms with E-state index in [0.717, 1.165) is 5.56 Å². The van der Waals surface area contributed by atoms with Crippen LogP contribution in [0, 0.1) is 29.1 Å². The molecule has 2 aliphatic rings. The van der Waals surface area contributed by atoms with E-state index < -0.39 is 5.92 Å². The first-order chi connectivity index (χ1) is 9.78. The maximum Gasteiger partial charge on any atom is 0.237 e. The van der Waals surface area contributed by atoms with Crippen molar-refractivity contribution >= 4 is 5.91 Å². The third kappa shape index (κ3) is 3.19. The van der Waals surface area contributed by atoms with Gasteiger partial charge in [0, 0.05) is 6.04 Å². The summed E-state index contributed by atoms with van der Waals surface area (Å²) in [6.07, 6.45) is 5.44. The molecule has 0 aromatic heterocycles. The first-order valence-electron chi connectivity index (χ1n) is 7.52. The zero-order valence-electron chi connectivity index (χ0n) is 11.6. The largest absolute Gasteiger partial charge is 0.352 e. The minimum absolute atomic E-state index is 0.0832. The van der Waals surface area contributed by atoms with Crippen molar-refractivity contribution in [3.63, 3.8) is 0 Å². The van der Waals surface area contributed by atoms with Gasteiger partial charge < -0.3 is 5.32 Å². The summed E-state index contributed by atoms with van der Waals surface area (Å²) in [7, 11) is 0. The van der Waals surface area contributed by atoms with Crippen LogP contribution in [0.4, 0.5) is 0 Å². The smallest absolute Gasteiger partial charge is 0.237 e. The van der Waals surface area contributed by atoms with Crippen LogP contribution < -0.4 is 5.32 Å². The molecule has 3 rings (SSSR count). The van der Waals surface area contributed by atoms with Gasteiger partial charge in [-0.1, -0.05) is 30.3 Å². The quantitative estimate of drug-likeness (QED) is 0.862. The number of nitrogens with one attached hydrogen (secondary N) is 1. The third-order valence-corrected chi connectivity index (χ3v) is 4.32. The maximum atomic E-state index is 12.3. The molecule has 0 radical (unpaired) electrons. The van der Waals surface area contributed by atoms with E-state index in [2.05, 4.69) is 11.4 Å². The van der Waals surface area contributed by atoms with E-state index in [1.807, 2.05) is 30.3 Å². The Morgan fingerprint density at radius 3 is 2.30 bits per heavy atom. The SMILES string of the molecule is N#CC(Cc1ccccc1)C(=O)NC(C1CC1)C1CC1. The van der Waals surface area contributed by atoms with Gasteiger partial charge in [-0.25, -0.2) is 0 Å². The Labute approximate surface area is 120 Å². The average molecular weight is 268 g/mol. The highest BCUT2D eigenvalue weighted by molar-refractivity contribution is 5.81. The van der Waals surface area contributed by atoms with Gasteiger partial charge in [-0.3, -0.25) is 4.79 Å². The summed E-state index contributed by atoms with van der Waals surface area (Å²) in [4.78, 5) is 12.3. The van der Waals surface area contributed by atoms with E-state index in [1.54, 1.807) is 0 Å². The molecule has 1 atom stereocenters. The molecule has 2 fully saturated rings. The van der Waals surface area contributed by atoms with Crippen molar-refractivity contribution < 1.29 is 4.79 Å². The lowest BCUT2D eigenvalue weighted by Gasteiger charge is -2.19. The number of hydrogen-bond donors (Lipinski definition) is 1. The summed E-state index contributed by atoms with van der Waals surface area (Å²) in [5.41, 5.74) is 1.04. The van der Waals surface area contributed by atoms with Crippen LogP contribution in [-0.4, -0.2) is 11.9 Å². The Kier molecular flexibility index (Phi) is 3.73. The average Bonchev–Trinajstić information content (AvgIpc) is 3.36. The Hall–Kier alpha value is -1.82. The number of amides is 1. The molecule has 1 unspecified atom stereocenters. The molecule has 0 saturated heterocycles. The van der Waals surface area contributed by atoms with E-state index in [0.29, 0.717) is 24.3 Å². The number of carbonyl (C=O) groups is 1. The number of benzene rings is 1. The normalized spacial score (nSPS) is 19.4. The lowest BCUT2D eigenvalue weighted by Crippen LogP contribution is -2.41. The van der Waals surface area contributed by atoms with Crippen LogP contribution in [-0.2, 0) is 11.2 Å². The summed E-state index contributed by atoms with van der Waals surface area (Å²) >= 11 is 0. The summed E-state index contributed by atoms with van der Waals surface area (Å²) in [6.45, 7) is 0. The number of nitriles is 1. The highest BCUT2D eigenvalue weighted by atomic mass is 16.1. The van der Waals surface area contributed by atoms with E-state index in [4.69, 9.17) is 0 Å². The molecule has 20 heavy (non-hydrogen) atoms. The molecule has 0 aliphatic heterocycles. The minimum atomic E-state index is -0.572. The Balaban J connectivity index is 1.60. The third-order valence-electron chi connectivity index (χ3n) is 4.32. The fourth-order valence-electron chi connectivity index (χ4n) is 2.84. The van der Waals surface area contributed by atoms with Crippen molar-refractivity contribution in [2.75, 3.05) is 0 Å². The molecule has 3 heteroatoms. The van der Waals surface area contributed by atoms with Gasteiger partial charge in [-0.05, 0) is 49.5 Å².